The molecule has 17 heavy (non-hydrogen) atoms. The summed E-state index contributed by atoms with van der Waals surface area (Å²) in [5.74, 6) is 0. The van der Waals surface area contributed by atoms with Crippen LogP contribution < -0.4 is 5.32 Å². The highest BCUT2D eigenvalue weighted by Crippen LogP contribution is 2.22. The topological polar surface area (TPSA) is 75.4 Å². The zero-order valence-electron chi connectivity index (χ0n) is 9.74. The molecule has 0 bridgehead atoms. The smallest absolute Gasteiger partial charge is 0.273 e. The van der Waals surface area contributed by atoms with Crippen molar-refractivity contribution in [2.45, 2.75) is 26.0 Å². The van der Waals surface area contributed by atoms with E-state index in [4.69, 9.17) is 11.6 Å². The first-order valence-electron chi connectivity index (χ1n) is 5.15. The van der Waals surface area contributed by atoms with Crippen molar-refractivity contribution in [3.63, 3.8) is 0 Å². The second kappa shape index (κ2) is 5.44. The summed E-state index contributed by atoms with van der Waals surface area (Å²) in [6, 6.07) is 4.42. The Hall–Kier alpha value is -1.17. The van der Waals surface area contributed by atoms with Gasteiger partial charge in [-0.15, -0.1) is 0 Å². The molecule has 0 aromatic heterocycles. The van der Waals surface area contributed by atoms with E-state index in [1.54, 1.807) is 19.9 Å². The number of aliphatic hydroxyl groups is 1. The molecule has 5 nitrogen and oxygen atoms in total. The Morgan fingerprint density at radius 2 is 2.18 bits per heavy atom. The van der Waals surface area contributed by atoms with Crippen molar-refractivity contribution in [3.05, 3.63) is 38.9 Å². The van der Waals surface area contributed by atoms with Crippen LogP contribution in [0.15, 0.2) is 18.2 Å². The second-order valence-corrected chi connectivity index (χ2v) is 4.88. The van der Waals surface area contributed by atoms with Crippen molar-refractivity contribution in [1.29, 1.82) is 0 Å². The Kier molecular flexibility index (Phi) is 4.45. The van der Waals surface area contributed by atoms with Crippen LogP contribution in [0.2, 0.25) is 5.02 Å². The minimum Gasteiger partial charge on any atom is -0.389 e. The van der Waals surface area contributed by atoms with Gasteiger partial charge in [-0.2, -0.15) is 0 Å². The summed E-state index contributed by atoms with van der Waals surface area (Å²) < 4.78 is 0. The van der Waals surface area contributed by atoms with E-state index in [1.165, 1.54) is 12.1 Å². The Labute approximate surface area is 105 Å². The maximum atomic E-state index is 10.8. The lowest BCUT2D eigenvalue weighted by molar-refractivity contribution is -0.385. The van der Waals surface area contributed by atoms with E-state index in [0.29, 0.717) is 23.7 Å². The van der Waals surface area contributed by atoms with E-state index in [0.717, 1.165) is 0 Å². The molecule has 0 atom stereocenters. The van der Waals surface area contributed by atoms with Crippen LogP contribution in [-0.2, 0) is 6.54 Å². The van der Waals surface area contributed by atoms with Crippen LogP contribution in [0.25, 0.3) is 0 Å². The molecule has 0 heterocycles. The molecule has 0 fully saturated rings. The van der Waals surface area contributed by atoms with Gasteiger partial charge in [-0.05, 0) is 26.0 Å². The Bertz CT molecular complexity index is 416. The van der Waals surface area contributed by atoms with Gasteiger partial charge in [0.15, 0.2) is 0 Å². The molecule has 1 rings (SSSR count). The lowest BCUT2D eigenvalue weighted by Crippen LogP contribution is -2.34. The second-order valence-electron chi connectivity index (χ2n) is 4.45. The quantitative estimate of drug-likeness (QED) is 0.627. The summed E-state index contributed by atoms with van der Waals surface area (Å²) in [7, 11) is 0. The van der Waals surface area contributed by atoms with Crippen LogP contribution >= 0.6 is 11.6 Å². The maximum absolute atomic E-state index is 10.8. The average molecular weight is 259 g/mol. The number of rotatable bonds is 5. The van der Waals surface area contributed by atoms with Crippen molar-refractivity contribution in [2.24, 2.45) is 0 Å². The fourth-order valence-corrected chi connectivity index (χ4v) is 1.57. The van der Waals surface area contributed by atoms with Gasteiger partial charge in [0.25, 0.3) is 5.69 Å². The van der Waals surface area contributed by atoms with Crippen molar-refractivity contribution in [2.75, 3.05) is 6.54 Å². The molecule has 94 valence electrons. The van der Waals surface area contributed by atoms with Gasteiger partial charge < -0.3 is 10.4 Å². The van der Waals surface area contributed by atoms with Crippen LogP contribution in [0.3, 0.4) is 0 Å². The minimum absolute atomic E-state index is 0.0256. The van der Waals surface area contributed by atoms with Crippen molar-refractivity contribution in [3.8, 4) is 0 Å². The summed E-state index contributed by atoms with van der Waals surface area (Å²) >= 11 is 5.79. The standard InChI is InChI=1S/C11H15ClN2O3/c1-11(2,15)7-13-6-8-5-9(12)3-4-10(8)14(16)17/h3-5,13,15H,6-7H2,1-2H3. The lowest BCUT2D eigenvalue weighted by atomic mass is 10.1. The van der Waals surface area contributed by atoms with Crippen LogP contribution in [0.5, 0.6) is 0 Å². The highest BCUT2D eigenvalue weighted by Gasteiger charge is 2.16. The SMILES string of the molecule is CC(C)(O)CNCc1cc(Cl)ccc1[N+](=O)[O-]. The number of nitrogens with one attached hydrogen (secondary N) is 1. The summed E-state index contributed by atoms with van der Waals surface area (Å²) in [6.45, 7) is 3.95. The number of nitrogens with zero attached hydrogens (tertiary/aromatic N) is 1. The molecule has 2 N–H and O–H groups in total. The highest BCUT2D eigenvalue weighted by molar-refractivity contribution is 6.30. The van der Waals surface area contributed by atoms with E-state index >= 15 is 0 Å². The lowest BCUT2D eigenvalue weighted by Gasteiger charge is -2.17. The van der Waals surface area contributed by atoms with Gasteiger partial charge >= 0.3 is 0 Å². The van der Waals surface area contributed by atoms with Crippen molar-refractivity contribution < 1.29 is 10.0 Å². The first-order chi connectivity index (χ1) is 7.79. The third kappa shape index (κ3) is 4.68. The average Bonchev–Trinajstić information content (AvgIpc) is 2.15. The molecule has 0 aliphatic rings. The number of hydrogen-bond donors (Lipinski definition) is 2. The van der Waals surface area contributed by atoms with Crippen LogP contribution in [0.1, 0.15) is 19.4 Å². The first kappa shape index (κ1) is 13.9. The van der Waals surface area contributed by atoms with Gasteiger partial charge in [0.2, 0.25) is 0 Å². The molecule has 0 aliphatic carbocycles. The minimum atomic E-state index is -0.854. The third-order valence-electron chi connectivity index (χ3n) is 2.11. The van der Waals surface area contributed by atoms with Gasteiger partial charge in [0.05, 0.1) is 10.5 Å². The zero-order chi connectivity index (χ0) is 13.1. The molecule has 1 aromatic carbocycles. The number of nitro benzene ring substituents is 1. The summed E-state index contributed by atoms with van der Waals surface area (Å²) in [5.41, 5.74) is -0.322. The molecule has 0 saturated carbocycles. The molecule has 0 amide bonds. The molecule has 0 aliphatic heterocycles. The predicted octanol–water partition coefficient (Wildman–Crippen LogP) is 2.11. The molecular formula is C11H15ClN2O3. The zero-order valence-corrected chi connectivity index (χ0v) is 10.5. The molecule has 0 saturated heterocycles. The van der Waals surface area contributed by atoms with E-state index in [2.05, 4.69) is 5.32 Å². The van der Waals surface area contributed by atoms with E-state index in [9.17, 15) is 15.2 Å². The maximum Gasteiger partial charge on any atom is 0.273 e. The normalized spacial score (nSPS) is 11.5. The summed E-state index contributed by atoms with van der Waals surface area (Å²) in [6.07, 6.45) is 0. The van der Waals surface area contributed by atoms with E-state index in [-0.39, 0.29) is 5.69 Å². The van der Waals surface area contributed by atoms with Gasteiger partial charge in [-0.3, -0.25) is 10.1 Å². The van der Waals surface area contributed by atoms with Gasteiger partial charge in [0.1, 0.15) is 0 Å². The largest absolute Gasteiger partial charge is 0.389 e. The number of benzene rings is 1. The number of hydrogen-bond acceptors (Lipinski definition) is 4. The van der Waals surface area contributed by atoms with Crippen LogP contribution in [0, 0.1) is 10.1 Å². The third-order valence-corrected chi connectivity index (χ3v) is 2.35. The first-order valence-corrected chi connectivity index (χ1v) is 5.53. The highest BCUT2D eigenvalue weighted by atomic mass is 35.5. The molecule has 0 spiro atoms. The molecule has 6 heteroatoms. The number of halogens is 1. The Morgan fingerprint density at radius 1 is 1.53 bits per heavy atom. The number of nitro groups is 1. The van der Waals surface area contributed by atoms with Crippen molar-refractivity contribution >= 4 is 17.3 Å². The van der Waals surface area contributed by atoms with Gasteiger partial charge in [-0.25, -0.2) is 0 Å². The molecule has 0 radical (unpaired) electrons. The Balaban J connectivity index is 2.75. The summed E-state index contributed by atoms with van der Waals surface area (Å²) in [5, 5.41) is 23.7. The monoisotopic (exact) mass is 258 g/mol. The van der Waals surface area contributed by atoms with Crippen LogP contribution in [0.4, 0.5) is 5.69 Å². The summed E-state index contributed by atoms with van der Waals surface area (Å²) in [4.78, 5) is 10.3. The fraction of sp³-hybridized carbons (Fsp3) is 0.455. The predicted molar refractivity (Wildman–Crippen MR) is 66.1 cm³/mol. The molecule has 1 aromatic rings. The fourth-order valence-electron chi connectivity index (χ4n) is 1.38. The molecular weight excluding hydrogens is 244 g/mol. The molecule has 0 unspecified atom stereocenters. The van der Waals surface area contributed by atoms with Crippen LogP contribution in [-0.4, -0.2) is 22.2 Å². The van der Waals surface area contributed by atoms with E-state index < -0.39 is 10.5 Å². The Morgan fingerprint density at radius 3 is 2.71 bits per heavy atom. The van der Waals surface area contributed by atoms with E-state index in [1.807, 2.05) is 0 Å². The van der Waals surface area contributed by atoms with Crippen molar-refractivity contribution in [1.82, 2.24) is 5.32 Å². The van der Waals surface area contributed by atoms with Gasteiger partial charge in [-0.1, -0.05) is 11.6 Å². The van der Waals surface area contributed by atoms with Gasteiger partial charge in [0, 0.05) is 29.7 Å².